The minimum atomic E-state index is -0.529. The fourth-order valence-corrected chi connectivity index (χ4v) is 3.45. The number of carbonyl (C=O) groups is 1. The van der Waals surface area contributed by atoms with E-state index in [0.29, 0.717) is 22.8 Å². The Kier molecular flexibility index (Phi) is 3.95. The molecule has 0 saturated carbocycles. The molecule has 0 radical (unpaired) electrons. The van der Waals surface area contributed by atoms with E-state index in [9.17, 15) is 9.59 Å². The van der Waals surface area contributed by atoms with Crippen molar-refractivity contribution in [2.24, 2.45) is 5.92 Å². The summed E-state index contributed by atoms with van der Waals surface area (Å²) in [4.78, 5) is 24.7. The number of amides is 1. The first kappa shape index (κ1) is 16.1. The van der Waals surface area contributed by atoms with E-state index in [2.05, 4.69) is 33.3 Å². The van der Waals surface area contributed by atoms with E-state index < -0.39 is 5.91 Å². The molecule has 1 atom stereocenters. The van der Waals surface area contributed by atoms with Gasteiger partial charge in [-0.15, -0.1) is 0 Å². The molecule has 0 unspecified atom stereocenters. The lowest BCUT2D eigenvalue weighted by molar-refractivity contribution is 0.0994. The van der Waals surface area contributed by atoms with Gasteiger partial charge in [-0.25, -0.2) is 0 Å². The number of fused-ring (bicyclic) bond motifs is 2. The van der Waals surface area contributed by atoms with Gasteiger partial charge < -0.3 is 8.94 Å². The van der Waals surface area contributed by atoms with Gasteiger partial charge in [0.1, 0.15) is 5.58 Å². The standard InChI is InChI=1S/C18H15BrN2O4/c1-9-2-4-13-11(6-9)18(25-21-13)20-17(23)16-8-14(22)12-7-10(19)3-5-15(12)24-16/h3,5,7-9H,2,4,6H2,1H3,(H,20,23)/t9-/m1/s1. The molecule has 1 aliphatic rings. The Morgan fingerprint density at radius 2 is 2.20 bits per heavy atom. The maximum Gasteiger partial charge on any atom is 0.293 e. The number of aromatic nitrogens is 1. The molecule has 4 rings (SSSR count). The van der Waals surface area contributed by atoms with E-state index in [0.717, 1.165) is 35.0 Å². The third-order valence-electron chi connectivity index (χ3n) is 4.44. The van der Waals surface area contributed by atoms with Gasteiger partial charge in [-0.05, 0) is 43.4 Å². The molecule has 1 aliphatic carbocycles. The number of nitrogens with zero attached hydrogens (tertiary/aromatic N) is 1. The van der Waals surface area contributed by atoms with Crippen LogP contribution in [0.3, 0.4) is 0 Å². The molecule has 2 aromatic heterocycles. The highest BCUT2D eigenvalue weighted by atomic mass is 79.9. The number of anilines is 1. The summed E-state index contributed by atoms with van der Waals surface area (Å²) in [5.41, 5.74) is 1.90. The third kappa shape index (κ3) is 3.00. The zero-order valence-corrected chi connectivity index (χ0v) is 15.1. The predicted molar refractivity (Wildman–Crippen MR) is 95.8 cm³/mol. The molecule has 2 heterocycles. The van der Waals surface area contributed by atoms with Gasteiger partial charge in [-0.3, -0.25) is 14.9 Å². The molecule has 0 bridgehead atoms. The monoisotopic (exact) mass is 402 g/mol. The second-order valence-electron chi connectivity index (χ2n) is 6.35. The van der Waals surface area contributed by atoms with Gasteiger partial charge in [0.15, 0.2) is 11.2 Å². The molecule has 1 N–H and O–H groups in total. The quantitative estimate of drug-likeness (QED) is 0.701. The molecule has 1 amide bonds. The van der Waals surface area contributed by atoms with Crippen molar-refractivity contribution in [3.05, 3.63) is 56.0 Å². The molecule has 3 aromatic rings. The van der Waals surface area contributed by atoms with Crippen LogP contribution >= 0.6 is 15.9 Å². The van der Waals surface area contributed by atoms with Gasteiger partial charge in [0.05, 0.1) is 11.1 Å². The average Bonchev–Trinajstić information content (AvgIpc) is 2.97. The maximum atomic E-state index is 12.5. The topological polar surface area (TPSA) is 85.3 Å². The van der Waals surface area contributed by atoms with E-state index in [-0.39, 0.29) is 11.2 Å². The minimum absolute atomic E-state index is 0.0613. The van der Waals surface area contributed by atoms with Crippen LogP contribution in [-0.2, 0) is 12.8 Å². The molecule has 25 heavy (non-hydrogen) atoms. The summed E-state index contributed by atoms with van der Waals surface area (Å²) in [7, 11) is 0. The number of benzene rings is 1. The molecular formula is C18H15BrN2O4. The van der Waals surface area contributed by atoms with Crippen molar-refractivity contribution in [1.29, 1.82) is 0 Å². The number of aryl methyl sites for hydroxylation is 1. The minimum Gasteiger partial charge on any atom is -0.451 e. The molecule has 0 spiro atoms. The summed E-state index contributed by atoms with van der Waals surface area (Å²) >= 11 is 3.31. The number of carbonyl (C=O) groups excluding carboxylic acids is 1. The number of halogens is 1. The van der Waals surface area contributed by atoms with Crippen LogP contribution in [0.4, 0.5) is 5.88 Å². The van der Waals surface area contributed by atoms with Crippen LogP contribution in [0.5, 0.6) is 0 Å². The fourth-order valence-electron chi connectivity index (χ4n) is 3.09. The van der Waals surface area contributed by atoms with Gasteiger partial charge in [-0.1, -0.05) is 28.0 Å². The molecule has 7 heteroatoms. The second-order valence-corrected chi connectivity index (χ2v) is 7.27. The molecular weight excluding hydrogens is 388 g/mol. The lowest BCUT2D eigenvalue weighted by Gasteiger charge is -2.16. The summed E-state index contributed by atoms with van der Waals surface area (Å²) in [5.74, 6) is 0.262. The second kappa shape index (κ2) is 6.15. The first-order valence-corrected chi connectivity index (χ1v) is 8.83. The number of nitrogens with one attached hydrogen (secondary N) is 1. The maximum absolute atomic E-state index is 12.5. The Morgan fingerprint density at radius 3 is 3.04 bits per heavy atom. The van der Waals surface area contributed by atoms with Crippen LogP contribution < -0.4 is 10.7 Å². The van der Waals surface area contributed by atoms with Crippen molar-refractivity contribution in [2.45, 2.75) is 26.2 Å². The zero-order valence-electron chi connectivity index (χ0n) is 13.5. The zero-order chi connectivity index (χ0) is 17.6. The fraction of sp³-hybridized carbons (Fsp3) is 0.278. The highest BCUT2D eigenvalue weighted by Gasteiger charge is 2.25. The molecule has 0 fully saturated rings. The van der Waals surface area contributed by atoms with Gasteiger partial charge in [0.25, 0.3) is 5.91 Å². The summed E-state index contributed by atoms with van der Waals surface area (Å²) in [6.45, 7) is 2.15. The SMILES string of the molecule is C[C@@H]1CCc2noc(NC(=O)c3cc(=O)c4cc(Br)ccc4o3)c2C1. The normalized spacial score (nSPS) is 16.6. The van der Waals surface area contributed by atoms with Crippen molar-refractivity contribution in [2.75, 3.05) is 5.32 Å². The largest absolute Gasteiger partial charge is 0.451 e. The van der Waals surface area contributed by atoms with Crippen LogP contribution in [-0.4, -0.2) is 11.1 Å². The van der Waals surface area contributed by atoms with Crippen molar-refractivity contribution in [3.63, 3.8) is 0 Å². The van der Waals surface area contributed by atoms with E-state index in [1.807, 2.05) is 0 Å². The highest BCUT2D eigenvalue weighted by Crippen LogP contribution is 2.30. The highest BCUT2D eigenvalue weighted by molar-refractivity contribution is 9.10. The van der Waals surface area contributed by atoms with E-state index in [4.69, 9.17) is 8.94 Å². The Balaban J connectivity index is 1.66. The Morgan fingerprint density at radius 1 is 1.36 bits per heavy atom. The predicted octanol–water partition coefficient (Wildman–Crippen LogP) is 3.92. The van der Waals surface area contributed by atoms with Crippen LogP contribution in [0.15, 0.2) is 42.5 Å². The molecule has 0 saturated heterocycles. The summed E-state index contributed by atoms with van der Waals surface area (Å²) < 4.78 is 11.6. The first-order valence-electron chi connectivity index (χ1n) is 8.03. The van der Waals surface area contributed by atoms with E-state index in [1.54, 1.807) is 18.2 Å². The number of rotatable bonds is 2. The number of hydrogen-bond donors (Lipinski definition) is 1. The summed E-state index contributed by atoms with van der Waals surface area (Å²) in [6.07, 6.45) is 2.71. The van der Waals surface area contributed by atoms with Crippen LogP contribution in [0.1, 0.15) is 35.2 Å². The Labute approximate surface area is 151 Å². The van der Waals surface area contributed by atoms with Crippen molar-refractivity contribution >= 4 is 38.7 Å². The Hall–Kier alpha value is -2.41. The smallest absolute Gasteiger partial charge is 0.293 e. The van der Waals surface area contributed by atoms with Crippen LogP contribution in [0.2, 0.25) is 0 Å². The van der Waals surface area contributed by atoms with Gasteiger partial charge in [0.2, 0.25) is 5.88 Å². The molecule has 1 aromatic carbocycles. The Bertz CT molecular complexity index is 1040. The lowest BCUT2D eigenvalue weighted by Crippen LogP contribution is -2.17. The molecule has 0 aliphatic heterocycles. The number of hydrogen-bond acceptors (Lipinski definition) is 5. The third-order valence-corrected chi connectivity index (χ3v) is 4.93. The molecule has 6 nitrogen and oxygen atoms in total. The first-order chi connectivity index (χ1) is 12.0. The van der Waals surface area contributed by atoms with E-state index >= 15 is 0 Å². The molecule has 128 valence electrons. The van der Waals surface area contributed by atoms with E-state index in [1.165, 1.54) is 6.07 Å². The van der Waals surface area contributed by atoms with Gasteiger partial charge in [-0.2, -0.15) is 0 Å². The average molecular weight is 403 g/mol. The summed E-state index contributed by atoms with van der Waals surface area (Å²) in [6, 6.07) is 6.25. The van der Waals surface area contributed by atoms with Crippen molar-refractivity contribution < 1.29 is 13.7 Å². The van der Waals surface area contributed by atoms with Crippen LogP contribution in [0, 0.1) is 5.92 Å². The lowest BCUT2D eigenvalue weighted by atomic mass is 9.89. The van der Waals surface area contributed by atoms with Gasteiger partial charge >= 0.3 is 0 Å². The summed E-state index contributed by atoms with van der Waals surface area (Å²) in [5, 5.41) is 7.12. The van der Waals surface area contributed by atoms with Crippen molar-refractivity contribution in [1.82, 2.24) is 5.16 Å². The van der Waals surface area contributed by atoms with Gasteiger partial charge in [0, 0.05) is 16.1 Å². The van der Waals surface area contributed by atoms with Crippen LogP contribution in [0.25, 0.3) is 11.0 Å². The van der Waals surface area contributed by atoms with Crippen molar-refractivity contribution in [3.8, 4) is 0 Å².